The predicted molar refractivity (Wildman–Crippen MR) is 54.5 cm³/mol. The van der Waals surface area contributed by atoms with Gasteiger partial charge in [0.05, 0.1) is 15.9 Å². The summed E-state index contributed by atoms with van der Waals surface area (Å²) >= 11 is 7.96. The Hall–Kier alpha value is -0.620. The van der Waals surface area contributed by atoms with Crippen molar-refractivity contribution in [2.45, 2.75) is 6.18 Å². The summed E-state index contributed by atoms with van der Waals surface area (Å²) in [6.45, 7) is 0. The topological polar surface area (TPSA) is 17.1 Å². The standard InChI is InChI=1S/C9H4BrClF4O/c10-3-8(16)4-1-7(12)6(11)2-5(4)9(13,14)15/h1-2H,3H2. The molecule has 0 fully saturated rings. The summed E-state index contributed by atoms with van der Waals surface area (Å²) in [7, 11) is 0. The van der Waals surface area contributed by atoms with Crippen molar-refractivity contribution in [3.8, 4) is 0 Å². The van der Waals surface area contributed by atoms with Crippen molar-refractivity contribution in [2.75, 3.05) is 5.33 Å². The van der Waals surface area contributed by atoms with Gasteiger partial charge in [-0.15, -0.1) is 0 Å². The van der Waals surface area contributed by atoms with Gasteiger partial charge in [0.25, 0.3) is 0 Å². The Balaban J connectivity index is 3.45. The van der Waals surface area contributed by atoms with Crippen LogP contribution in [0.4, 0.5) is 17.6 Å². The van der Waals surface area contributed by atoms with Crippen LogP contribution in [0.25, 0.3) is 0 Å². The minimum absolute atomic E-state index is 0.322. The molecule has 1 aromatic rings. The summed E-state index contributed by atoms with van der Waals surface area (Å²) in [5.74, 6) is -1.91. The smallest absolute Gasteiger partial charge is 0.293 e. The predicted octanol–water partition coefficient (Wildman–Crippen LogP) is 4.08. The van der Waals surface area contributed by atoms with Gasteiger partial charge in [-0.25, -0.2) is 4.39 Å². The molecular weight excluding hydrogens is 315 g/mol. The van der Waals surface area contributed by atoms with Crippen LogP contribution in [0.15, 0.2) is 12.1 Å². The number of carbonyl (C=O) groups is 1. The van der Waals surface area contributed by atoms with E-state index in [1.807, 2.05) is 0 Å². The largest absolute Gasteiger partial charge is 0.417 e. The maximum atomic E-state index is 13.0. The lowest BCUT2D eigenvalue weighted by Gasteiger charge is -2.12. The molecule has 0 spiro atoms. The van der Waals surface area contributed by atoms with Crippen LogP contribution in [0.1, 0.15) is 15.9 Å². The molecule has 0 aromatic heterocycles. The van der Waals surface area contributed by atoms with Crippen LogP contribution in [-0.4, -0.2) is 11.1 Å². The Kier molecular flexibility index (Phi) is 3.96. The number of halogens is 6. The first kappa shape index (κ1) is 13.4. The van der Waals surface area contributed by atoms with Crippen molar-refractivity contribution >= 4 is 33.3 Å². The van der Waals surface area contributed by atoms with Gasteiger partial charge in [-0.2, -0.15) is 13.2 Å². The number of rotatable bonds is 2. The molecular formula is C9H4BrClF4O. The molecule has 1 aromatic carbocycles. The van der Waals surface area contributed by atoms with Crippen molar-refractivity contribution < 1.29 is 22.4 Å². The second-order valence-corrected chi connectivity index (χ2v) is 3.83. The van der Waals surface area contributed by atoms with E-state index in [-0.39, 0.29) is 5.33 Å². The fourth-order valence-electron chi connectivity index (χ4n) is 1.08. The second kappa shape index (κ2) is 4.71. The minimum Gasteiger partial charge on any atom is -0.293 e. The highest BCUT2D eigenvalue weighted by molar-refractivity contribution is 9.09. The number of carbonyl (C=O) groups excluding carboxylic acids is 1. The highest BCUT2D eigenvalue weighted by atomic mass is 79.9. The summed E-state index contributed by atoms with van der Waals surface area (Å²) in [5, 5.41) is -0.990. The first-order valence-corrected chi connectivity index (χ1v) is 5.42. The first-order chi connectivity index (χ1) is 7.27. The van der Waals surface area contributed by atoms with Crippen molar-refractivity contribution in [3.63, 3.8) is 0 Å². The molecule has 0 atom stereocenters. The molecule has 0 saturated heterocycles. The van der Waals surface area contributed by atoms with Gasteiger partial charge in [0, 0.05) is 5.56 Å². The molecule has 1 rings (SSSR count). The number of hydrogen-bond donors (Lipinski definition) is 0. The number of Topliss-reactive ketones (excluding diaryl/α,β-unsaturated/α-hetero) is 1. The minimum atomic E-state index is -4.75. The second-order valence-electron chi connectivity index (χ2n) is 2.87. The van der Waals surface area contributed by atoms with Crippen LogP contribution in [0.2, 0.25) is 5.02 Å². The summed E-state index contributed by atoms with van der Waals surface area (Å²) in [6, 6.07) is 0.904. The van der Waals surface area contributed by atoms with E-state index in [9.17, 15) is 22.4 Å². The van der Waals surface area contributed by atoms with Crippen LogP contribution in [0, 0.1) is 5.82 Å². The molecule has 0 N–H and O–H groups in total. The van der Waals surface area contributed by atoms with E-state index < -0.39 is 33.9 Å². The molecule has 0 saturated carbocycles. The van der Waals surface area contributed by atoms with Gasteiger partial charge in [-0.05, 0) is 12.1 Å². The third kappa shape index (κ3) is 2.74. The number of hydrogen-bond acceptors (Lipinski definition) is 1. The average molecular weight is 319 g/mol. The van der Waals surface area contributed by atoms with Crippen LogP contribution >= 0.6 is 27.5 Å². The van der Waals surface area contributed by atoms with E-state index in [1.54, 1.807) is 0 Å². The highest BCUT2D eigenvalue weighted by Gasteiger charge is 2.35. The maximum Gasteiger partial charge on any atom is 0.417 e. The van der Waals surface area contributed by atoms with Crippen LogP contribution in [0.3, 0.4) is 0 Å². The van der Waals surface area contributed by atoms with E-state index in [1.165, 1.54) is 0 Å². The molecule has 0 amide bonds. The zero-order valence-electron chi connectivity index (χ0n) is 7.54. The Bertz CT molecular complexity index is 430. The fraction of sp³-hybridized carbons (Fsp3) is 0.222. The molecule has 0 radical (unpaired) electrons. The van der Waals surface area contributed by atoms with Crippen LogP contribution in [-0.2, 0) is 6.18 Å². The Morgan fingerprint density at radius 3 is 2.38 bits per heavy atom. The van der Waals surface area contributed by atoms with Gasteiger partial charge >= 0.3 is 6.18 Å². The van der Waals surface area contributed by atoms with Crippen molar-refractivity contribution in [3.05, 3.63) is 34.1 Å². The third-order valence-corrected chi connectivity index (χ3v) is 2.59. The van der Waals surface area contributed by atoms with Crippen molar-refractivity contribution in [1.29, 1.82) is 0 Å². The monoisotopic (exact) mass is 318 g/mol. The summed E-state index contributed by atoms with van der Waals surface area (Å²) in [4.78, 5) is 11.2. The first-order valence-electron chi connectivity index (χ1n) is 3.92. The molecule has 1 nitrogen and oxygen atoms in total. The van der Waals surface area contributed by atoms with E-state index in [2.05, 4.69) is 15.9 Å². The SMILES string of the molecule is O=C(CBr)c1cc(F)c(Cl)cc1C(F)(F)F. The van der Waals surface area contributed by atoms with Gasteiger partial charge in [0.2, 0.25) is 0 Å². The van der Waals surface area contributed by atoms with Crippen molar-refractivity contribution in [1.82, 2.24) is 0 Å². The van der Waals surface area contributed by atoms with E-state index in [0.717, 1.165) is 0 Å². The Morgan fingerprint density at radius 1 is 1.38 bits per heavy atom. The van der Waals surface area contributed by atoms with E-state index in [0.29, 0.717) is 12.1 Å². The molecule has 0 unspecified atom stereocenters. The molecule has 0 aliphatic heterocycles. The lowest BCUT2D eigenvalue weighted by Crippen LogP contribution is -2.14. The molecule has 0 aliphatic carbocycles. The van der Waals surface area contributed by atoms with Gasteiger partial charge < -0.3 is 0 Å². The molecule has 0 aliphatic rings. The average Bonchev–Trinajstić information content (AvgIpc) is 2.18. The number of benzene rings is 1. The lowest BCUT2D eigenvalue weighted by molar-refractivity contribution is -0.137. The molecule has 0 bridgehead atoms. The summed E-state index contributed by atoms with van der Waals surface area (Å²) < 4.78 is 50.5. The zero-order chi connectivity index (χ0) is 12.5. The number of alkyl halides is 4. The zero-order valence-corrected chi connectivity index (χ0v) is 9.88. The highest BCUT2D eigenvalue weighted by Crippen LogP contribution is 2.35. The third-order valence-electron chi connectivity index (χ3n) is 1.79. The van der Waals surface area contributed by atoms with Crippen LogP contribution in [0.5, 0.6) is 0 Å². The number of ketones is 1. The molecule has 88 valence electrons. The van der Waals surface area contributed by atoms with Crippen LogP contribution < -0.4 is 0 Å². The lowest BCUT2D eigenvalue weighted by atomic mass is 10.0. The summed E-state index contributed by atoms with van der Waals surface area (Å²) in [6.07, 6.45) is -4.75. The molecule has 7 heteroatoms. The quantitative estimate of drug-likeness (QED) is 0.456. The molecule has 16 heavy (non-hydrogen) atoms. The summed E-state index contributed by atoms with van der Waals surface area (Å²) in [5.41, 5.74) is -1.96. The van der Waals surface area contributed by atoms with Gasteiger partial charge in [0.15, 0.2) is 5.78 Å². The van der Waals surface area contributed by atoms with Gasteiger partial charge in [-0.3, -0.25) is 4.79 Å². The van der Waals surface area contributed by atoms with Gasteiger partial charge in [0.1, 0.15) is 5.82 Å². The Morgan fingerprint density at radius 2 is 1.94 bits per heavy atom. The van der Waals surface area contributed by atoms with Gasteiger partial charge in [-0.1, -0.05) is 27.5 Å². The van der Waals surface area contributed by atoms with E-state index >= 15 is 0 Å². The van der Waals surface area contributed by atoms with Crippen molar-refractivity contribution in [2.24, 2.45) is 0 Å². The Labute approximate surface area is 102 Å². The van der Waals surface area contributed by atoms with E-state index in [4.69, 9.17) is 11.6 Å². The fourth-order valence-corrected chi connectivity index (χ4v) is 1.55. The normalized spacial score (nSPS) is 11.6. The molecule has 0 heterocycles. The maximum absolute atomic E-state index is 13.0.